The zero-order valence-electron chi connectivity index (χ0n) is 24.9. The van der Waals surface area contributed by atoms with Gasteiger partial charge in [-0.3, -0.25) is 0 Å². The van der Waals surface area contributed by atoms with E-state index in [1.165, 1.54) is 173 Å². The van der Waals surface area contributed by atoms with E-state index >= 15 is 0 Å². The lowest BCUT2D eigenvalue weighted by molar-refractivity contribution is 0.367. The SMILES string of the molecule is CCCCCCCCCCCCCCCCC(CCCCCCCCCC)CCCC[C+]1N=CC=N1. The molecule has 0 fully saturated rings. The predicted octanol–water partition coefficient (Wildman–Crippen LogP) is 12.2. The van der Waals surface area contributed by atoms with E-state index in [1.807, 2.05) is 12.4 Å². The molecule has 1 aliphatic heterocycles. The summed E-state index contributed by atoms with van der Waals surface area (Å²) >= 11 is 0. The summed E-state index contributed by atoms with van der Waals surface area (Å²) in [6, 6.07) is 0. The first kappa shape index (κ1) is 33.2. The molecule has 0 aromatic rings. The van der Waals surface area contributed by atoms with E-state index in [1.54, 1.807) is 0 Å². The standard InChI is InChI=1S/C34H65N2/c1-3-5-7-9-11-13-14-15-16-17-18-20-22-24-28-33(27-23-21-19-12-10-8-6-4-2)29-25-26-30-34-35-31-32-36-34/h31-33H,3-30H2,1-2H3/q+1. The Hall–Kier alpha value is -0.790. The highest BCUT2D eigenvalue weighted by Crippen LogP contribution is 2.26. The van der Waals surface area contributed by atoms with Crippen molar-refractivity contribution in [2.45, 2.75) is 194 Å². The summed E-state index contributed by atoms with van der Waals surface area (Å²) in [5.41, 5.74) is 0. The zero-order chi connectivity index (χ0) is 25.8. The van der Waals surface area contributed by atoms with Crippen LogP contribution < -0.4 is 0 Å². The van der Waals surface area contributed by atoms with Crippen molar-refractivity contribution >= 4 is 12.4 Å². The molecule has 0 saturated heterocycles. The molecule has 0 saturated carbocycles. The van der Waals surface area contributed by atoms with Crippen LogP contribution in [0, 0.1) is 12.1 Å². The van der Waals surface area contributed by atoms with Crippen LogP contribution >= 0.6 is 0 Å². The molecule has 0 aromatic heterocycles. The van der Waals surface area contributed by atoms with Gasteiger partial charge in [-0.25, -0.2) is 0 Å². The smallest absolute Gasteiger partial charge is 0.0968 e. The Bertz CT molecular complexity index is 472. The van der Waals surface area contributed by atoms with Gasteiger partial charge in [-0.2, -0.15) is 0 Å². The van der Waals surface area contributed by atoms with Crippen LogP contribution in [-0.2, 0) is 0 Å². The molecule has 1 heterocycles. The Kier molecular flexibility index (Phi) is 25.2. The Balaban J connectivity index is 2.02. The van der Waals surface area contributed by atoms with E-state index in [0.29, 0.717) is 0 Å². The fourth-order valence-corrected chi connectivity index (χ4v) is 5.74. The Morgan fingerprint density at radius 1 is 0.417 bits per heavy atom. The Labute approximate surface area is 228 Å². The van der Waals surface area contributed by atoms with E-state index in [0.717, 1.165) is 18.5 Å². The van der Waals surface area contributed by atoms with Crippen molar-refractivity contribution in [3.8, 4) is 0 Å². The minimum absolute atomic E-state index is 0.961. The van der Waals surface area contributed by atoms with E-state index in [4.69, 9.17) is 0 Å². The van der Waals surface area contributed by atoms with E-state index < -0.39 is 0 Å². The highest BCUT2D eigenvalue weighted by atomic mass is 15.0. The minimum Gasteiger partial charge on any atom is -0.0968 e. The molecule has 0 aromatic carbocycles. The Morgan fingerprint density at radius 3 is 1.08 bits per heavy atom. The highest BCUT2D eigenvalue weighted by Gasteiger charge is 2.15. The zero-order valence-corrected chi connectivity index (χ0v) is 24.9. The third-order valence-corrected chi connectivity index (χ3v) is 8.21. The van der Waals surface area contributed by atoms with Crippen LogP contribution in [0.3, 0.4) is 0 Å². The summed E-state index contributed by atoms with van der Waals surface area (Å²) in [5.74, 6) is 0.961. The van der Waals surface area contributed by atoms with Gasteiger partial charge in [0.25, 0.3) is 0 Å². The summed E-state index contributed by atoms with van der Waals surface area (Å²) in [6.45, 7) is 4.62. The predicted molar refractivity (Wildman–Crippen MR) is 164 cm³/mol. The quantitative estimate of drug-likeness (QED) is 0.0719. The maximum Gasteiger partial charge on any atom is 0.240 e. The van der Waals surface area contributed by atoms with Crippen molar-refractivity contribution in [1.29, 1.82) is 0 Å². The first-order valence-corrected chi connectivity index (χ1v) is 16.8. The first-order chi connectivity index (χ1) is 17.9. The lowest BCUT2D eigenvalue weighted by atomic mass is 9.89. The Morgan fingerprint density at radius 2 is 0.722 bits per heavy atom. The number of hydrogen-bond acceptors (Lipinski definition) is 2. The molecular formula is C34H65N2+. The van der Waals surface area contributed by atoms with Crippen LogP contribution in [0.4, 0.5) is 0 Å². The van der Waals surface area contributed by atoms with Gasteiger partial charge in [-0.1, -0.05) is 191 Å². The number of hydrogen-bond donors (Lipinski definition) is 0. The molecule has 0 bridgehead atoms. The summed E-state index contributed by atoms with van der Waals surface area (Å²) in [4.78, 5) is 8.68. The lowest BCUT2D eigenvalue weighted by Gasteiger charge is -2.17. The molecule has 0 spiro atoms. The van der Waals surface area contributed by atoms with Crippen LogP contribution in [0.2, 0.25) is 0 Å². The lowest BCUT2D eigenvalue weighted by Crippen LogP contribution is -2.02. The fourth-order valence-electron chi connectivity index (χ4n) is 5.74. The van der Waals surface area contributed by atoms with Crippen molar-refractivity contribution in [3.05, 3.63) is 6.17 Å². The van der Waals surface area contributed by atoms with Crippen LogP contribution in [0.15, 0.2) is 9.98 Å². The average molecular weight is 502 g/mol. The number of rotatable bonds is 29. The summed E-state index contributed by atoms with van der Waals surface area (Å²) in [5, 5.41) is 0. The van der Waals surface area contributed by atoms with Gasteiger partial charge in [0, 0.05) is 0 Å². The highest BCUT2D eigenvalue weighted by molar-refractivity contribution is 6.18. The van der Waals surface area contributed by atoms with E-state index in [9.17, 15) is 0 Å². The maximum absolute atomic E-state index is 4.34. The van der Waals surface area contributed by atoms with Crippen LogP contribution in [0.5, 0.6) is 0 Å². The number of nitrogens with zero attached hydrogens (tertiary/aromatic N) is 2. The molecule has 36 heavy (non-hydrogen) atoms. The second kappa shape index (κ2) is 27.3. The van der Waals surface area contributed by atoms with Gasteiger partial charge < -0.3 is 0 Å². The largest absolute Gasteiger partial charge is 0.240 e. The molecule has 2 heteroatoms. The van der Waals surface area contributed by atoms with Gasteiger partial charge in [0.1, 0.15) is 0 Å². The van der Waals surface area contributed by atoms with Crippen LogP contribution in [0.25, 0.3) is 0 Å². The van der Waals surface area contributed by atoms with Gasteiger partial charge in [-0.05, 0) is 12.3 Å². The molecule has 0 amide bonds. The maximum atomic E-state index is 4.34. The van der Waals surface area contributed by atoms with E-state index in [2.05, 4.69) is 23.8 Å². The fraction of sp³-hybridized carbons (Fsp3) is 0.912. The van der Waals surface area contributed by atoms with Crippen LogP contribution in [0.1, 0.15) is 194 Å². The third-order valence-electron chi connectivity index (χ3n) is 8.21. The molecule has 1 atom stereocenters. The van der Waals surface area contributed by atoms with Crippen molar-refractivity contribution in [2.24, 2.45) is 15.9 Å². The number of aliphatic imine (C=N–C) groups is 2. The van der Waals surface area contributed by atoms with Crippen LogP contribution in [-0.4, -0.2) is 12.4 Å². The van der Waals surface area contributed by atoms with Crippen molar-refractivity contribution in [3.63, 3.8) is 0 Å². The average Bonchev–Trinajstić information content (AvgIpc) is 3.41. The molecular weight excluding hydrogens is 436 g/mol. The minimum atomic E-state index is 0.961. The van der Waals surface area contributed by atoms with Crippen molar-refractivity contribution in [1.82, 2.24) is 0 Å². The normalized spacial score (nSPS) is 13.8. The second-order valence-corrected chi connectivity index (χ2v) is 11.7. The van der Waals surface area contributed by atoms with Gasteiger partial charge in [0.15, 0.2) is 12.4 Å². The van der Waals surface area contributed by atoms with Gasteiger partial charge in [-0.15, -0.1) is 0 Å². The molecule has 0 N–H and O–H groups in total. The first-order valence-electron chi connectivity index (χ1n) is 16.8. The second-order valence-electron chi connectivity index (χ2n) is 11.7. The van der Waals surface area contributed by atoms with Gasteiger partial charge in [0.05, 0.1) is 6.42 Å². The summed E-state index contributed by atoms with van der Waals surface area (Å²) < 4.78 is 0. The summed E-state index contributed by atoms with van der Waals surface area (Å²) in [6.07, 6.45) is 44.7. The molecule has 1 aliphatic rings. The monoisotopic (exact) mass is 502 g/mol. The molecule has 210 valence electrons. The van der Waals surface area contributed by atoms with Gasteiger partial charge >= 0.3 is 0 Å². The van der Waals surface area contributed by atoms with Gasteiger partial charge in [0.2, 0.25) is 6.17 Å². The van der Waals surface area contributed by atoms with E-state index in [-0.39, 0.29) is 0 Å². The molecule has 2 nitrogen and oxygen atoms in total. The van der Waals surface area contributed by atoms with Crippen molar-refractivity contribution in [2.75, 3.05) is 0 Å². The number of unbranched alkanes of at least 4 members (excludes halogenated alkanes) is 21. The molecule has 1 rings (SSSR count). The van der Waals surface area contributed by atoms with Crippen molar-refractivity contribution < 1.29 is 0 Å². The molecule has 0 aliphatic carbocycles. The topological polar surface area (TPSA) is 24.7 Å². The molecule has 1 unspecified atom stereocenters. The molecule has 0 radical (unpaired) electrons. The summed E-state index contributed by atoms with van der Waals surface area (Å²) in [7, 11) is 0. The third kappa shape index (κ3) is 22.4.